The lowest BCUT2D eigenvalue weighted by molar-refractivity contribution is 1.15. The maximum Gasteiger partial charge on any atom is 0.154 e. The first-order valence-electron chi connectivity index (χ1n) is 2.77. The van der Waals surface area contributed by atoms with E-state index in [-0.39, 0.29) is 0 Å². The maximum absolute atomic E-state index is 8.49. The SMILES string of the molecule is N#Cc1ncsc1CCCl. The van der Waals surface area contributed by atoms with Crippen LogP contribution in [0.3, 0.4) is 0 Å². The fourth-order valence-corrected chi connectivity index (χ4v) is 1.64. The van der Waals surface area contributed by atoms with Crippen molar-refractivity contribution in [3.05, 3.63) is 16.1 Å². The van der Waals surface area contributed by atoms with Crippen LogP contribution < -0.4 is 0 Å². The summed E-state index contributed by atoms with van der Waals surface area (Å²) in [5.74, 6) is 0.552. The zero-order chi connectivity index (χ0) is 7.40. The Morgan fingerprint density at radius 2 is 2.60 bits per heavy atom. The van der Waals surface area contributed by atoms with Crippen molar-refractivity contribution in [2.24, 2.45) is 0 Å². The number of aryl methyl sites for hydroxylation is 1. The minimum absolute atomic E-state index is 0.519. The van der Waals surface area contributed by atoms with E-state index in [9.17, 15) is 0 Å². The lowest BCUT2D eigenvalue weighted by Gasteiger charge is -1.87. The molecular weight excluding hydrogens is 168 g/mol. The van der Waals surface area contributed by atoms with Crippen LogP contribution in [0.4, 0.5) is 0 Å². The molecule has 0 aliphatic rings. The standard InChI is InChI=1S/C6H5ClN2S/c7-2-1-6-5(3-8)9-4-10-6/h4H,1-2H2. The van der Waals surface area contributed by atoms with E-state index in [1.165, 1.54) is 11.3 Å². The highest BCUT2D eigenvalue weighted by Gasteiger charge is 2.02. The van der Waals surface area contributed by atoms with Gasteiger partial charge in [-0.2, -0.15) is 5.26 Å². The molecule has 0 bridgehead atoms. The van der Waals surface area contributed by atoms with Crippen molar-refractivity contribution in [3.8, 4) is 6.07 Å². The number of hydrogen-bond acceptors (Lipinski definition) is 3. The van der Waals surface area contributed by atoms with Crippen LogP contribution in [0.25, 0.3) is 0 Å². The fraction of sp³-hybridized carbons (Fsp3) is 0.333. The van der Waals surface area contributed by atoms with E-state index in [1.54, 1.807) is 5.51 Å². The molecule has 0 spiro atoms. The minimum Gasteiger partial charge on any atom is -0.234 e. The van der Waals surface area contributed by atoms with E-state index in [1.807, 2.05) is 6.07 Å². The summed E-state index contributed by atoms with van der Waals surface area (Å²) in [5, 5.41) is 8.49. The maximum atomic E-state index is 8.49. The lowest BCUT2D eigenvalue weighted by atomic mass is 10.3. The fourth-order valence-electron chi connectivity index (χ4n) is 0.625. The van der Waals surface area contributed by atoms with Gasteiger partial charge in [0.25, 0.3) is 0 Å². The van der Waals surface area contributed by atoms with Gasteiger partial charge in [-0.05, 0) is 6.42 Å². The average Bonchev–Trinajstić information content (AvgIpc) is 2.36. The first kappa shape index (κ1) is 7.52. The third-order valence-electron chi connectivity index (χ3n) is 1.07. The molecule has 0 aliphatic carbocycles. The smallest absolute Gasteiger partial charge is 0.154 e. The van der Waals surface area contributed by atoms with E-state index in [0.717, 1.165) is 11.3 Å². The Hall–Kier alpha value is -0.590. The molecular formula is C6H5ClN2S. The van der Waals surface area contributed by atoms with Gasteiger partial charge in [-0.3, -0.25) is 0 Å². The molecule has 0 radical (unpaired) electrons. The summed E-state index contributed by atoms with van der Waals surface area (Å²) < 4.78 is 0. The molecule has 1 heterocycles. The summed E-state index contributed by atoms with van der Waals surface area (Å²) >= 11 is 6.97. The van der Waals surface area contributed by atoms with Crippen LogP contribution in [0.1, 0.15) is 10.6 Å². The molecule has 1 aromatic rings. The van der Waals surface area contributed by atoms with Crippen molar-refractivity contribution in [2.45, 2.75) is 6.42 Å². The molecule has 1 rings (SSSR count). The van der Waals surface area contributed by atoms with Gasteiger partial charge in [0, 0.05) is 10.8 Å². The molecule has 0 aliphatic heterocycles. The predicted molar refractivity (Wildman–Crippen MR) is 41.3 cm³/mol. The van der Waals surface area contributed by atoms with E-state index < -0.39 is 0 Å². The van der Waals surface area contributed by atoms with E-state index in [0.29, 0.717) is 11.6 Å². The molecule has 4 heteroatoms. The van der Waals surface area contributed by atoms with Gasteiger partial charge >= 0.3 is 0 Å². The van der Waals surface area contributed by atoms with Crippen molar-refractivity contribution < 1.29 is 0 Å². The number of hydrogen-bond donors (Lipinski definition) is 0. The van der Waals surface area contributed by atoms with Crippen LogP contribution in [0.2, 0.25) is 0 Å². The monoisotopic (exact) mass is 172 g/mol. The molecule has 10 heavy (non-hydrogen) atoms. The Kier molecular flexibility index (Phi) is 2.67. The highest BCUT2D eigenvalue weighted by Crippen LogP contribution is 2.12. The van der Waals surface area contributed by atoms with Crippen LogP contribution in [0.15, 0.2) is 5.51 Å². The zero-order valence-corrected chi connectivity index (χ0v) is 6.74. The second kappa shape index (κ2) is 3.55. The zero-order valence-electron chi connectivity index (χ0n) is 5.17. The van der Waals surface area contributed by atoms with Crippen molar-refractivity contribution >= 4 is 22.9 Å². The average molecular weight is 173 g/mol. The number of alkyl halides is 1. The van der Waals surface area contributed by atoms with Crippen molar-refractivity contribution in [2.75, 3.05) is 5.88 Å². The van der Waals surface area contributed by atoms with Crippen LogP contribution in [-0.4, -0.2) is 10.9 Å². The number of nitriles is 1. The van der Waals surface area contributed by atoms with Gasteiger partial charge in [-0.15, -0.1) is 22.9 Å². The van der Waals surface area contributed by atoms with E-state index in [4.69, 9.17) is 16.9 Å². The van der Waals surface area contributed by atoms with Crippen molar-refractivity contribution in [1.82, 2.24) is 4.98 Å². The van der Waals surface area contributed by atoms with Crippen LogP contribution in [-0.2, 0) is 6.42 Å². The number of nitrogens with zero attached hydrogens (tertiary/aromatic N) is 2. The summed E-state index contributed by atoms with van der Waals surface area (Å²) in [7, 11) is 0. The quantitative estimate of drug-likeness (QED) is 0.638. The first-order chi connectivity index (χ1) is 4.88. The summed E-state index contributed by atoms with van der Waals surface area (Å²) in [4.78, 5) is 4.84. The molecule has 0 saturated heterocycles. The first-order valence-corrected chi connectivity index (χ1v) is 4.18. The van der Waals surface area contributed by atoms with Gasteiger partial charge in [-0.25, -0.2) is 4.98 Å². The summed E-state index contributed by atoms with van der Waals surface area (Å²) in [6.07, 6.45) is 0.745. The van der Waals surface area contributed by atoms with Gasteiger partial charge < -0.3 is 0 Å². The topological polar surface area (TPSA) is 36.7 Å². The third-order valence-corrected chi connectivity index (χ3v) is 2.15. The molecule has 52 valence electrons. The molecule has 0 unspecified atom stereocenters. The molecule has 1 aromatic heterocycles. The van der Waals surface area contributed by atoms with Crippen LogP contribution in [0, 0.1) is 11.3 Å². The van der Waals surface area contributed by atoms with Crippen molar-refractivity contribution in [3.63, 3.8) is 0 Å². The molecule has 0 aromatic carbocycles. The van der Waals surface area contributed by atoms with Crippen molar-refractivity contribution in [1.29, 1.82) is 5.26 Å². The molecule has 0 N–H and O–H groups in total. The van der Waals surface area contributed by atoms with Gasteiger partial charge in [0.05, 0.1) is 5.51 Å². The van der Waals surface area contributed by atoms with Crippen LogP contribution in [0.5, 0.6) is 0 Å². The van der Waals surface area contributed by atoms with E-state index >= 15 is 0 Å². The molecule has 0 atom stereocenters. The number of thiazole rings is 1. The molecule has 2 nitrogen and oxygen atoms in total. The normalized spacial score (nSPS) is 9.20. The predicted octanol–water partition coefficient (Wildman–Crippen LogP) is 1.80. The lowest BCUT2D eigenvalue weighted by Crippen LogP contribution is -1.85. The highest BCUT2D eigenvalue weighted by atomic mass is 35.5. The third kappa shape index (κ3) is 1.47. The second-order valence-electron chi connectivity index (χ2n) is 1.67. The number of rotatable bonds is 2. The van der Waals surface area contributed by atoms with Gasteiger partial charge in [0.1, 0.15) is 6.07 Å². The Morgan fingerprint density at radius 3 is 3.20 bits per heavy atom. The highest BCUT2D eigenvalue weighted by molar-refractivity contribution is 7.09. The van der Waals surface area contributed by atoms with Crippen LogP contribution >= 0.6 is 22.9 Å². The minimum atomic E-state index is 0.519. The van der Waals surface area contributed by atoms with Gasteiger partial charge in [0.2, 0.25) is 0 Å². The summed E-state index contributed by atoms with van der Waals surface area (Å²) in [6.45, 7) is 0. The summed E-state index contributed by atoms with van der Waals surface area (Å²) in [6, 6.07) is 2.00. The van der Waals surface area contributed by atoms with Gasteiger partial charge in [-0.1, -0.05) is 0 Å². The largest absolute Gasteiger partial charge is 0.234 e. The van der Waals surface area contributed by atoms with E-state index in [2.05, 4.69) is 4.98 Å². The second-order valence-corrected chi connectivity index (χ2v) is 2.99. The Balaban J connectivity index is 2.82. The number of aromatic nitrogens is 1. The molecule has 0 saturated carbocycles. The number of halogens is 1. The Bertz CT molecular complexity index is 250. The molecule has 0 amide bonds. The Morgan fingerprint density at radius 1 is 1.80 bits per heavy atom. The summed E-state index contributed by atoms with van der Waals surface area (Å²) in [5.41, 5.74) is 2.19. The molecule has 0 fully saturated rings. The Labute approximate surface area is 68.1 Å². The van der Waals surface area contributed by atoms with Gasteiger partial charge in [0.15, 0.2) is 5.69 Å².